The second-order valence-corrected chi connectivity index (χ2v) is 6.92. The SMILES string of the molecule is Cc1c(O)cc(NC(=O)OCC2c3ccccc3-c3ccccc32)cc1C(=O)O. The van der Waals surface area contributed by atoms with Crippen LogP contribution >= 0.6 is 0 Å². The summed E-state index contributed by atoms with van der Waals surface area (Å²) in [5.41, 5.74) is 4.76. The lowest BCUT2D eigenvalue weighted by Gasteiger charge is -2.15. The topological polar surface area (TPSA) is 95.9 Å². The van der Waals surface area contributed by atoms with Gasteiger partial charge in [0.25, 0.3) is 0 Å². The summed E-state index contributed by atoms with van der Waals surface area (Å²) in [6, 6.07) is 18.6. The first-order valence-corrected chi connectivity index (χ1v) is 9.14. The van der Waals surface area contributed by atoms with Crippen LogP contribution < -0.4 is 5.32 Å². The van der Waals surface area contributed by atoms with E-state index >= 15 is 0 Å². The number of phenols is 1. The molecule has 6 heteroatoms. The van der Waals surface area contributed by atoms with Crippen LogP contribution in [0.25, 0.3) is 11.1 Å². The Balaban J connectivity index is 1.51. The summed E-state index contributed by atoms with van der Waals surface area (Å²) in [6.45, 7) is 1.64. The highest BCUT2D eigenvalue weighted by Gasteiger charge is 2.29. The normalized spacial score (nSPS) is 12.2. The van der Waals surface area contributed by atoms with Crippen molar-refractivity contribution < 1.29 is 24.5 Å². The molecule has 0 fully saturated rings. The number of aromatic carboxylic acids is 1. The summed E-state index contributed by atoms with van der Waals surface area (Å²) >= 11 is 0. The molecule has 0 saturated heterocycles. The van der Waals surface area contributed by atoms with Crippen molar-refractivity contribution in [1.82, 2.24) is 0 Å². The fourth-order valence-corrected chi connectivity index (χ4v) is 3.75. The number of aromatic hydroxyl groups is 1. The number of carboxylic acid groups (broad SMARTS) is 1. The molecule has 0 saturated carbocycles. The Hall–Kier alpha value is -3.80. The number of carbonyl (C=O) groups excluding carboxylic acids is 1. The lowest BCUT2D eigenvalue weighted by molar-refractivity contribution is 0.0695. The van der Waals surface area contributed by atoms with Crippen LogP contribution in [0.2, 0.25) is 0 Å². The first-order chi connectivity index (χ1) is 14.0. The van der Waals surface area contributed by atoms with Gasteiger partial charge < -0.3 is 14.9 Å². The van der Waals surface area contributed by atoms with Crippen molar-refractivity contribution in [3.05, 3.63) is 82.9 Å². The predicted octanol–water partition coefficient (Wildman–Crippen LogP) is 4.76. The van der Waals surface area contributed by atoms with Gasteiger partial charge in [-0.3, -0.25) is 5.32 Å². The van der Waals surface area contributed by atoms with Gasteiger partial charge in [0.05, 0.1) is 5.56 Å². The number of carboxylic acids is 1. The number of rotatable bonds is 4. The van der Waals surface area contributed by atoms with Crippen molar-refractivity contribution in [2.24, 2.45) is 0 Å². The van der Waals surface area contributed by atoms with E-state index in [9.17, 15) is 19.8 Å². The number of hydrogen-bond donors (Lipinski definition) is 3. The van der Waals surface area contributed by atoms with Crippen molar-refractivity contribution in [2.75, 3.05) is 11.9 Å². The monoisotopic (exact) mass is 389 g/mol. The van der Waals surface area contributed by atoms with E-state index in [0.29, 0.717) is 0 Å². The van der Waals surface area contributed by atoms with Gasteiger partial charge in [-0.25, -0.2) is 9.59 Å². The first-order valence-electron chi connectivity index (χ1n) is 9.14. The Labute approximate surface area is 167 Å². The molecule has 3 aromatic carbocycles. The van der Waals surface area contributed by atoms with Crippen LogP contribution in [0.1, 0.15) is 33.0 Å². The Morgan fingerprint density at radius 1 is 1.00 bits per heavy atom. The molecule has 1 aliphatic rings. The number of hydrogen-bond acceptors (Lipinski definition) is 4. The number of benzene rings is 3. The maximum atomic E-state index is 12.3. The molecule has 3 N–H and O–H groups in total. The van der Waals surface area contributed by atoms with Gasteiger partial charge in [-0.1, -0.05) is 48.5 Å². The largest absolute Gasteiger partial charge is 0.508 e. The van der Waals surface area contributed by atoms with Crippen LogP contribution in [0, 0.1) is 6.92 Å². The van der Waals surface area contributed by atoms with Gasteiger partial charge in [-0.05, 0) is 35.2 Å². The molecule has 0 radical (unpaired) electrons. The van der Waals surface area contributed by atoms with Crippen molar-refractivity contribution in [3.8, 4) is 16.9 Å². The highest BCUT2D eigenvalue weighted by Crippen LogP contribution is 2.44. The summed E-state index contributed by atoms with van der Waals surface area (Å²) in [5.74, 6) is -1.47. The maximum absolute atomic E-state index is 12.3. The van der Waals surface area contributed by atoms with Crippen LogP contribution in [0.15, 0.2) is 60.7 Å². The van der Waals surface area contributed by atoms with Gasteiger partial charge in [-0.2, -0.15) is 0 Å². The van der Waals surface area contributed by atoms with Crippen LogP contribution in [0.5, 0.6) is 5.75 Å². The van der Waals surface area contributed by atoms with E-state index in [1.807, 2.05) is 36.4 Å². The van der Waals surface area contributed by atoms with Crippen molar-refractivity contribution in [3.63, 3.8) is 0 Å². The van der Waals surface area contributed by atoms with E-state index in [1.165, 1.54) is 19.1 Å². The quantitative estimate of drug-likeness (QED) is 0.598. The lowest BCUT2D eigenvalue weighted by atomic mass is 9.98. The minimum atomic E-state index is -1.19. The highest BCUT2D eigenvalue weighted by molar-refractivity contribution is 5.94. The molecule has 0 unspecified atom stereocenters. The minimum absolute atomic E-state index is 0.0749. The summed E-state index contributed by atoms with van der Waals surface area (Å²) in [6.07, 6.45) is -0.716. The number of anilines is 1. The third-order valence-electron chi connectivity index (χ3n) is 5.20. The van der Waals surface area contributed by atoms with Crippen LogP contribution in [0.4, 0.5) is 10.5 Å². The highest BCUT2D eigenvalue weighted by atomic mass is 16.5. The van der Waals surface area contributed by atoms with Crippen molar-refractivity contribution in [2.45, 2.75) is 12.8 Å². The van der Waals surface area contributed by atoms with Crippen molar-refractivity contribution >= 4 is 17.7 Å². The van der Waals surface area contributed by atoms with E-state index in [0.717, 1.165) is 22.3 Å². The summed E-state index contributed by atoms with van der Waals surface area (Å²) in [5, 5.41) is 21.6. The van der Waals surface area contributed by atoms with Gasteiger partial charge in [0.2, 0.25) is 0 Å². The third kappa shape index (κ3) is 3.40. The van der Waals surface area contributed by atoms with Gasteiger partial charge in [-0.15, -0.1) is 0 Å². The van der Waals surface area contributed by atoms with Crippen molar-refractivity contribution in [1.29, 1.82) is 0 Å². The minimum Gasteiger partial charge on any atom is -0.508 e. The molecule has 0 bridgehead atoms. The molecular formula is C23H19NO5. The molecule has 6 nitrogen and oxygen atoms in total. The second-order valence-electron chi connectivity index (χ2n) is 6.92. The number of fused-ring (bicyclic) bond motifs is 3. The molecule has 146 valence electrons. The van der Waals surface area contributed by atoms with E-state index in [-0.39, 0.29) is 35.1 Å². The number of nitrogens with one attached hydrogen (secondary N) is 1. The molecule has 29 heavy (non-hydrogen) atoms. The summed E-state index contributed by atoms with van der Waals surface area (Å²) < 4.78 is 5.43. The lowest BCUT2D eigenvalue weighted by Crippen LogP contribution is -2.18. The average molecular weight is 389 g/mol. The summed E-state index contributed by atoms with van der Waals surface area (Å²) in [4.78, 5) is 23.6. The average Bonchev–Trinajstić information content (AvgIpc) is 3.03. The number of amides is 1. The third-order valence-corrected chi connectivity index (χ3v) is 5.20. The second kappa shape index (κ2) is 7.31. The molecular weight excluding hydrogens is 370 g/mol. The maximum Gasteiger partial charge on any atom is 0.411 e. The molecule has 0 spiro atoms. The fourth-order valence-electron chi connectivity index (χ4n) is 3.75. The summed E-state index contributed by atoms with van der Waals surface area (Å²) in [7, 11) is 0. The first kappa shape index (κ1) is 18.6. The molecule has 0 aliphatic heterocycles. The molecule has 4 rings (SSSR count). The van der Waals surface area contributed by atoms with Gasteiger partial charge in [0.1, 0.15) is 12.4 Å². The zero-order chi connectivity index (χ0) is 20.5. The Bertz CT molecular complexity index is 1080. The molecule has 0 atom stereocenters. The smallest absolute Gasteiger partial charge is 0.411 e. The van der Waals surface area contributed by atoms with Gasteiger partial charge in [0, 0.05) is 23.2 Å². The Morgan fingerprint density at radius 2 is 1.59 bits per heavy atom. The zero-order valence-corrected chi connectivity index (χ0v) is 15.7. The van der Waals surface area contributed by atoms with Gasteiger partial charge in [0.15, 0.2) is 0 Å². The van der Waals surface area contributed by atoms with Crippen LogP contribution in [-0.2, 0) is 4.74 Å². The predicted molar refractivity (Wildman–Crippen MR) is 108 cm³/mol. The molecule has 0 aromatic heterocycles. The molecule has 3 aromatic rings. The number of carbonyl (C=O) groups is 2. The fraction of sp³-hybridized carbons (Fsp3) is 0.130. The number of phenolic OH excluding ortho intramolecular Hbond substituents is 1. The zero-order valence-electron chi connectivity index (χ0n) is 15.7. The Kier molecular flexibility index (Phi) is 4.68. The van der Waals surface area contributed by atoms with Crippen LogP contribution in [-0.4, -0.2) is 28.9 Å². The van der Waals surface area contributed by atoms with E-state index in [4.69, 9.17) is 4.74 Å². The Morgan fingerprint density at radius 3 is 2.17 bits per heavy atom. The van der Waals surface area contributed by atoms with E-state index in [1.54, 1.807) is 0 Å². The standard InChI is InChI=1S/C23H19NO5/c1-13-19(22(26)27)10-14(11-21(13)25)24-23(28)29-12-20-17-8-4-2-6-15(17)16-7-3-5-9-18(16)20/h2-11,20,25H,12H2,1H3,(H,24,28)(H,26,27). The van der Waals surface area contributed by atoms with Crippen LogP contribution in [0.3, 0.4) is 0 Å². The van der Waals surface area contributed by atoms with E-state index < -0.39 is 12.1 Å². The van der Waals surface area contributed by atoms with E-state index in [2.05, 4.69) is 17.4 Å². The number of ether oxygens (including phenoxy) is 1. The molecule has 1 amide bonds. The molecule has 0 heterocycles. The van der Waals surface area contributed by atoms with Gasteiger partial charge >= 0.3 is 12.1 Å². The molecule has 1 aliphatic carbocycles.